The van der Waals surface area contributed by atoms with Crippen LogP contribution < -0.4 is 4.90 Å². The summed E-state index contributed by atoms with van der Waals surface area (Å²) >= 11 is 1.65. The monoisotopic (exact) mass is 343 g/mol. The number of fused-ring (bicyclic) bond motifs is 1. The molecule has 0 amide bonds. The lowest BCUT2D eigenvalue weighted by Crippen LogP contribution is -2.45. The second-order valence-corrected chi connectivity index (χ2v) is 7.24. The van der Waals surface area contributed by atoms with E-state index in [9.17, 15) is 4.39 Å². The van der Waals surface area contributed by atoms with Gasteiger partial charge in [-0.25, -0.2) is 14.4 Å². The third-order valence-electron chi connectivity index (χ3n) is 4.14. The average molecular weight is 343 g/mol. The minimum absolute atomic E-state index is 0.176. The first-order valence-corrected chi connectivity index (χ1v) is 8.82. The molecule has 3 aromatic rings. The largest absolute Gasteiger partial charge is 0.372 e. The first-order chi connectivity index (χ1) is 11.6. The Morgan fingerprint density at radius 1 is 1.12 bits per heavy atom. The number of morpholine rings is 1. The minimum Gasteiger partial charge on any atom is -0.372 e. The molecule has 0 saturated carbocycles. The van der Waals surface area contributed by atoms with Crippen molar-refractivity contribution in [3.05, 3.63) is 42.5 Å². The Hall–Kier alpha value is -2.05. The van der Waals surface area contributed by atoms with E-state index < -0.39 is 0 Å². The van der Waals surface area contributed by atoms with Crippen LogP contribution in [0.3, 0.4) is 0 Å². The number of nitrogens with zero attached hydrogens (tertiary/aromatic N) is 3. The first kappa shape index (κ1) is 15.5. The highest BCUT2D eigenvalue weighted by molar-refractivity contribution is 7.22. The maximum Gasteiger partial charge on any atom is 0.150 e. The van der Waals surface area contributed by atoms with E-state index in [0.29, 0.717) is 0 Å². The summed E-state index contributed by atoms with van der Waals surface area (Å²) in [7, 11) is 0. The molecular formula is C18H18FN3OS. The number of rotatable bonds is 2. The molecule has 2 atom stereocenters. The number of halogens is 1. The van der Waals surface area contributed by atoms with E-state index in [1.165, 1.54) is 12.1 Å². The zero-order chi connectivity index (χ0) is 16.7. The molecule has 1 aliphatic heterocycles. The summed E-state index contributed by atoms with van der Waals surface area (Å²) in [6.45, 7) is 5.80. The second-order valence-electron chi connectivity index (χ2n) is 6.19. The Labute approximate surface area is 143 Å². The summed E-state index contributed by atoms with van der Waals surface area (Å²) in [5.74, 6) is 0.733. The van der Waals surface area contributed by atoms with E-state index in [-0.39, 0.29) is 18.0 Å². The van der Waals surface area contributed by atoms with Gasteiger partial charge in [-0.3, -0.25) is 0 Å². The van der Waals surface area contributed by atoms with Crippen LogP contribution in [0.15, 0.2) is 36.7 Å². The summed E-state index contributed by atoms with van der Waals surface area (Å²) in [4.78, 5) is 12.3. The quantitative estimate of drug-likeness (QED) is 0.702. The highest BCUT2D eigenvalue weighted by atomic mass is 32.1. The van der Waals surface area contributed by atoms with Gasteiger partial charge in [0, 0.05) is 18.0 Å². The predicted octanol–water partition coefficient (Wildman–Crippen LogP) is 4.11. The van der Waals surface area contributed by atoms with E-state index in [2.05, 4.69) is 28.7 Å². The molecule has 6 heteroatoms. The van der Waals surface area contributed by atoms with Crippen LogP contribution >= 0.6 is 11.3 Å². The number of benzene rings is 1. The molecule has 1 saturated heterocycles. The van der Waals surface area contributed by atoms with Crippen LogP contribution in [0.5, 0.6) is 0 Å². The predicted molar refractivity (Wildman–Crippen MR) is 95.0 cm³/mol. The van der Waals surface area contributed by atoms with Gasteiger partial charge in [0.05, 0.1) is 22.4 Å². The van der Waals surface area contributed by atoms with E-state index in [4.69, 9.17) is 4.74 Å². The molecule has 1 aliphatic rings. The molecule has 1 fully saturated rings. The Balaban J connectivity index is 1.76. The minimum atomic E-state index is -0.225. The zero-order valence-electron chi connectivity index (χ0n) is 13.6. The summed E-state index contributed by atoms with van der Waals surface area (Å²) in [6.07, 6.45) is 1.97. The first-order valence-electron chi connectivity index (χ1n) is 8.01. The van der Waals surface area contributed by atoms with Crippen molar-refractivity contribution >= 4 is 27.4 Å². The number of anilines is 1. The lowest BCUT2D eigenvalue weighted by molar-refractivity contribution is -0.00536. The van der Waals surface area contributed by atoms with E-state index in [1.54, 1.807) is 29.8 Å². The van der Waals surface area contributed by atoms with Crippen LogP contribution in [-0.4, -0.2) is 35.3 Å². The van der Waals surface area contributed by atoms with Crippen LogP contribution in [0.1, 0.15) is 13.8 Å². The molecule has 0 bridgehead atoms. The lowest BCUT2D eigenvalue weighted by atomic mass is 10.2. The van der Waals surface area contributed by atoms with Gasteiger partial charge in [0.1, 0.15) is 18.0 Å². The van der Waals surface area contributed by atoms with Crippen molar-refractivity contribution in [3.8, 4) is 10.4 Å². The van der Waals surface area contributed by atoms with E-state index in [0.717, 1.165) is 39.6 Å². The SMILES string of the molecule is C[C@@H]1CN(c2ncnc3cc(-c4ccc(F)cc4)sc23)C[C@H](C)O1. The maximum absolute atomic E-state index is 13.1. The Kier molecular flexibility index (Phi) is 3.94. The summed E-state index contributed by atoms with van der Waals surface area (Å²) < 4.78 is 20.0. The van der Waals surface area contributed by atoms with Gasteiger partial charge in [-0.15, -0.1) is 11.3 Å². The van der Waals surface area contributed by atoms with Gasteiger partial charge in [0.15, 0.2) is 0 Å². The molecule has 0 aliphatic carbocycles. The number of aromatic nitrogens is 2. The highest BCUT2D eigenvalue weighted by Gasteiger charge is 2.25. The molecule has 0 N–H and O–H groups in total. The third kappa shape index (κ3) is 2.87. The van der Waals surface area contributed by atoms with E-state index in [1.807, 2.05) is 6.07 Å². The van der Waals surface area contributed by atoms with Gasteiger partial charge < -0.3 is 9.64 Å². The van der Waals surface area contributed by atoms with Gasteiger partial charge >= 0.3 is 0 Å². The molecule has 3 heterocycles. The highest BCUT2D eigenvalue weighted by Crippen LogP contribution is 2.37. The van der Waals surface area contributed by atoms with Crippen molar-refractivity contribution < 1.29 is 9.13 Å². The zero-order valence-corrected chi connectivity index (χ0v) is 14.4. The number of ether oxygens (including phenoxy) is 1. The number of hydrogen-bond acceptors (Lipinski definition) is 5. The Bertz CT molecular complexity index is 854. The van der Waals surface area contributed by atoms with Crippen molar-refractivity contribution in [2.24, 2.45) is 0 Å². The molecule has 2 aromatic heterocycles. The topological polar surface area (TPSA) is 38.2 Å². The van der Waals surface area contributed by atoms with Gasteiger partial charge in [0.2, 0.25) is 0 Å². The van der Waals surface area contributed by atoms with Crippen LogP contribution in [0.4, 0.5) is 10.2 Å². The van der Waals surface area contributed by atoms with Gasteiger partial charge in [-0.2, -0.15) is 0 Å². The summed E-state index contributed by atoms with van der Waals surface area (Å²) in [5.41, 5.74) is 1.92. The molecular weight excluding hydrogens is 325 g/mol. The molecule has 0 radical (unpaired) electrons. The Morgan fingerprint density at radius 2 is 1.83 bits per heavy atom. The summed E-state index contributed by atoms with van der Waals surface area (Å²) in [6, 6.07) is 8.61. The second kappa shape index (κ2) is 6.11. The van der Waals surface area contributed by atoms with Gasteiger partial charge in [-0.05, 0) is 37.6 Å². The fourth-order valence-corrected chi connectivity index (χ4v) is 4.31. The number of thiophene rings is 1. The molecule has 124 valence electrons. The van der Waals surface area contributed by atoms with Crippen LogP contribution in [-0.2, 0) is 4.74 Å². The normalized spacial score (nSPS) is 21.4. The average Bonchev–Trinajstić information content (AvgIpc) is 2.98. The number of hydrogen-bond donors (Lipinski definition) is 0. The van der Waals surface area contributed by atoms with Crippen molar-refractivity contribution in [2.75, 3.05) is 18.0 Å². The molecule has 4 rings (SSSR count). The van der Waals surface area contributed by atoms with Crippen LogP contribution in [0, 0.1) is 5.82 Å². The molecule has 4 nitrogen and oxygen atoms in total. The fourth-order valence-electron chi connectivity index (χ4n) is 3.17. The van der Waals surface area contributed by atoms with Crippen molar-refractivity contribution in [3.63, 3.8) is 0 Å². The fraction of sp³-hybridized carbons (Fsp3) is 0.333. The van der Waals surface area contributed by atoms with Crippen molar-refractivity contribution in [2.45, 2.75) is 26.1 Å². The smallest absolute Gasteiger partial charge is 0.150 e. The summed E-state index contributed by atoms with van der Waals surface area (Å²) in [5, 5.41) is 0. The van der Waals surface area contributed by atoms with Gasteiger partial charge in [0.25, 0.3) is 0 Å². The van der Waals surface area contributed by atoms with Crippen LogP contribution in [0.25, 0.3) is 20.7 Å². The third-order valence-corrected chi connectivity index (χ3v) is 5.31. The Morgan fingerprint density at radius 3 is 2.54 bits per heavy atom. The molecule has 24 heavy (non-hydrogen) atoms. The maximum atomic E-state index is 13.1. The van der Waals surface area contributed by atoms with Gasteiger partial charge in [-0.1, -0.05) is 12.1 Å². The van der Waals surface area contributed by atoms with Crippen molar-refractivity contribution in [1.82, 2.24) is 9.97 Å². The molecule has 0 spiro atoms. The van der Waals surface area contributed by atoms with E-state index >= 15 is 0 Å². The van der Waals surface area contributed by atoms with Crippen LogP contribution in [0.2, 0.25) is 0 Å². The van der Waals surface area contributed by atoms with Crippen molar-refractivity contribution in [1.29, 1.82) is 0 Å². The molecule has 0 unspecified atom stereocenters. The standard InChI is InChI=1S/C18H18FN3OS/c1-11-8-22(9-12(2)23-11)18-17-15(20-10-21-18)7-16(24-17)13-3-5-14(19)6-4-13/h3-7,10-12H,8-9H2,1-2H3/t11-,12+. The lowest BCUT2D eigenvalue weighted by Gasteiger charge is -2.36. The molecule has 1 aromatic carbocycles.